The summed E-state index contributed by atoms with van der Waals surface area (Å²) in [5.41, 5.74) is 1.40. The maximum Gasteiger partial charge on any atom is 0.0700 e. The first-order valence-corrected chi connectivity index (χ1v) is 8.57. The van der Waals surface area contributed by atoms with Crippen LogP contribution in [0.25, 0.3) is 0 Å². The van der Waals surface area contributed by atoms with E-state index in [1.807, 2.05) is 0 Å². The zero-order valence-electron chi connectivity index (χ0n) is 13.2. The van der Waals surface area contributed by atoms with Crippen LogP contribution in [0.2, 0.25) is 0 Å². The normalized spacial score (nSPS) is 12.5. The second-order valence-corrected chi connectivity index (χ2v) is 6.17. The maximum atomic E-state index is 5.55. The van der Waals surface area contributed by atoms with Crippen molar-refractivity contribution < 1.29 is 9.47 Å². The number of hydrogen-bond donors (Lipinski definition) is 1. The summed E-state index contributed by atoms with van der Waals surface area (Å²) in [7, 11) is 1.70. The van der Waals surface area contributed by atoms with Gasteiger partial charge in [0.2, 0.25) is 0 Å². The molecular weight excluding hydrogens is 330 g/mol. The molecule has 1 rings (SSSR count). The zero-order valence-corrected chi connectivity index (χ0v) is 14.8. The summed E-state index contributed by atoms with van der Waals surface area (Å²) in [6, 6.07) is 8.61. The Kier molecular flexibility index (Phi) is 10.8. The predicted molar refractivity (Wildman–Crippen MR) is 91.8 cm³/mol. The van der Waals surface area contributed by atoms with Crippen LogP contribution in [0, 0.1) is 5.92 Å². The fourth-order valence-corrected chi connectivity index (χ4v) is 2.79. The van der Waals surface area contributed by atoms with Gasteiger partial charge in [0.15, 0.2) is 0 Å². The fraction of sp³-hybridized carbons (Fsp3) is 0.647. The third kappa shape index (κ3) is 9.25. The summed E-state index contributed by atoms with van der Waals surface area (Å²) >= 11 is 3.55. The summed E-state index contributed by atoms with van der Waals surface area (Å²) < 4.78 is 11.7. The maximum absolute atomic E-state index is 5.55. The van der Waals surface area contributed by atoms with Gasteiger partial charge in [-0.25, -0.2) is 0 Å². The molecule has 120 valence electrons. The van der Waals surface area contributed by atoms with E-state index in [1.165, 1.54) is 12.0 Å². The van der Waals surface area contributed by atoms with Crippen LogP contribution in [0.3, 0.4) is 0 Å². The lowest BCUT2D eigenvalue weighted by Crippen LogP contribution is -2.24. The molecule has 4 heteroatoms. The largest absolute Gasteiger partial charge is 0.382 e. The molecule has 0 fully saturated rings. The Morgan fingerprint density at radius 2 is 2.10 bits per heavy atom. The topological polar surface area (TPSA) is 30.5 Å². The van der Waals surface area contributed by atoms with Crippen LogP contribution in [0.15, 0.2) is 28.7 Å². The van der Waals surface area contributed by atoms with Crippen LogP contribution in [-0.4, -0.2) is 40.0 Å². The van der Waals surface area contributed by atoms with E-state index < -0.39 is 0 Å². The molecule has 0 heterocycles. The molecule has 0 bridgehead atoms. The van der Waals surface area contributed by atoms with Crippen molar-refractivity contribution in [3.05, 3.63) is 34.3 Å². The van der Waals surface area contributed by atoms with Gasteiger partial charge in [-0.1, -0.05) is 35.0 Å². The monoisotopic (exact) mass is 357 g/mol. The summed E-state index contributed by atoms with van der Waals surface area (Å²) in [6.45, 7) is 6.45. The van der Waals surface area contributed by atoms with E-state index >= 15 is 0 Å². The van der Waals surface area contributed by atoms with Gasteiger partial charge < -0.3 is 14.8 Å². The molecule has 3 nitrogen and oxygen atoms in total. The smallest absolute Gasteiger partial charge is 0.0700 e. The summed E-state index contributed by atoms with van der Waals surface area (Å²) in [5.74, 6) is 0.658. The minimum atomic E-state index is 0.658. The van der Waals surface area contributed by atoms with E-state index in [-0.39, 0.29) is 0 Å². The fourth-order valence-electron chi connectivity index (χ4n) is 2.34. The standard InChI is InChI=1S/C17H28BrNO2/c1-3-19-14-16(7-5-9-21-11-10-20-2)12-15-6-4-8-17(18)13-15/h4,6,8,13,16,19H,3,5,7,9-12,14H2,1-2H3. The predicted octanol–water partition coefficient (Wildman–Crippen LogP) is 3.66. The summed E-state index contributed by atoms with van der Waals surface area (Å²) in [4.78, 5) is 0. The van der Waals surface area contributed by atoms with Gasteiger partial charge in [0.25, 0.3) is 0 Å². The van der Waals surface area contributed by atoms with Crippen molar-refractivity contribution in [2.75, 3.05) is 40.0 Å². The molecule has 0 saturated heterocycles. The van der Waals surface area contributed by atoms with Gasteiger partial charge in [-0.15, -0.1) is 0 Å². The highest BCUT2D eigenvalue weighted by Gasteiger charge is 2.09. The van der Waals surface area contributed by atoms with Crippen molar-refractivity contribution in [3.63, 3.8) is 0 Å². The van der Waals surface area contributed by atoms with Gasteiger partial charge >= 0.3 is 0 Å². The molecule has 0 aliphatic heterocycles. The van der Waals surface area contributed by atoms with Gasteiger partial charge in [-0.3, -0.25) is 0 Å². The molecule has 0 amide bonds. The molecule has 1 aromatic rings. The second-order valence-electron chi connectivity index (χ2n) is 5.26. The number of halogens is 1. The van der Waals surface area contributed by atoms with E-state index in [0.29, 0.717) is 19.1 Å². The number of ether oxygens (including phenoxy) is 2. The van der Waals surface area contributed by atoms with Crippen LogP contribution in [0.5, 0.6) is 0 Å². The van der Waals surface area contributed by atoms with Gasteiger partial charge in [-0.2, -0.15) is 0 Å². The lowest BCUT2D eigenvalue weighted by Gasteiger charge is -2.17. The van der Waals surface area contributed by atoms with Crippen LogP contribution >= 0.6 is 15.9 Å². The number of methoxy groups -OCH3 is 1. The van der Waals surface area contributed by atoms with Gasteiger partial charge in [0.1, 0.15) is 0 Å². The highest BCUT2D eigenvalue weighted by molar-refractivity contribution is 9.10. The molecule has 0 spiro atoms. The molecule has 0 aliphatic rings. The molecule has 1 aromatic carbocycles. The average Bonchev–Trinajstić information content (AvgIpc) is 2.48. The van der Waals surface area contributed by atoms with Gasteiger partial charge in [0, 0.05) is 18.2 Å². The van der Waals surface area contributed by atoms with Crippen molar-refractivity contribution in [1.82, 2.24) is 5.32 Å². The second kappa shape index (κ2) is 12.2. The lowest BCUT2D eigenvalue weighted by molar-refractivity contribution is 0.0672. The molecule has 1 unspecified atom stereocenters. The average molecular weight is 358 g/mol. The highest BCUT2D eigenvalue weighted by atomic mass is 79.9. The Hall–Kier alpha value is -0.420. The molecule has 0 aromatic heterocycles. The Labute approximate surface area is 137 Å². The first kappa shape index (κ1) is 18.6. The van der Waals surface area contributed by atoms with Crippen LogP contribution in [-0.2, 0) is 15.9 Å². The third-order valence-corrected chi connectivity index (χ3v) is 3.92. The summed E-state index contributed by atoms with van der Waals surface area (Å²) in [5, 5.41) is 3.47. The lowest BCUT2D eigenvalue weighted by atomic mass is 9.95. The van der Waals surface area contributed by atoms with Crippen LogP contribution in [0.4, 0.5) is 0 Å². The molecule has 0 radical (unpaired) electrons. The first-order valence-electron chi connectivity index (χ1n) is 7.78. The Morgan fingerprint density at radius 3 is 2.81 bits per heavy atom. The molecular formula is C17H28BrNO2. The number of rotatable bonds is 12. The molecule has 1 N–H and O–H groups in total. The number of nitrogens with one attached hydrogen (secondary N) is 1. The van der Waals surface area contributed by atoms with E-state index in [2.05, 4.69) is 52.4 Å². The number of benzene rings is 1. The van der Waals surface area contributed by atoms with Crippen molar-refractivity contribution in [3.8, 4) is 0 Å². The minimum absolute atomic E-state index is 0.658. The van der Waals surface area contributed by atoms with Crippen molar-refractivity contribution in [1.29, 1.82) is 0 Å². The van der Waals surface area contributed by atoms with E-state index in [0.717, 1.165) is 37.0 Å². The van der Waals surface area contributed by atoms with Crippen molar-refractivity contribution >= 4 is 15.9 Å². The third-order valence-electron chi connectivity index (χ3n) is 3.43. The molecule has 21 heavy (non-hydrogen) atoms. The highest BCUT2D eigenvalue weighted by Crippen LogP contribution is 2.17. The minimum Gasteiger partial charge on any atom is -0.382 e. The van der Waals surface area contributed by atoms with Gasteiger partial charge in [0.05, 0.1) is 13.2 Å². The van der Waals surface area contributed by atoms with Gasteiger partial charge in [-0.05, 0) is 56.0 Å². The Morgan fingerprint density at radius 1 is 1.24 bits per heavy atom. The zero-order chi connectivity index (χ0) is 15.3. The SMILES string of the molecule is CCNCC(CCCOCCOC)Cc1cccc(Br)c1. The summed E-state index contributed by atoms with van der Waals surface area (Å²) in [6.07, 6.45) is 3.41. The quantitative estimate of drug-likeness (QED) is 0.579. The first-order chi connectivity index (χ1) is 10.3. The Balaban J connectivity index is 2.33. The van der Waals surface area contributed by atoms with Crippen molar-refractivity contribution in [2.24, 2.45) is 5.92 Å². The van der Waals surface area contributed by atoms with E-state index in [4.69, 9.17) is 9.47 Å². The van der Waals surface area contributed by atoms with Crippen molar-refractivity contribution in [2.45, 2.75) is 26.2 Å². The Bertz CT molecular complexity index is 374. The van der Waals surface area contributed by atoms with Crippen LogP contribution in [0.1, 0.15) is 25.3 Å². The molecule has 0 aliphatic carbocycles. The van der Waals surface area contributed by atoms with E-state index in [1.54, 1.807) is 7.11 Å². The van der Waals surface area contributed by atoms with Crippen LogP contribution < -0.4 is 5.32 Å². The molecule has 0 saturated carbocycles. The van der Waals surface area contributed by atoms with E-state index in [9.17, 15) is 0 Å². The molecule has 1 atom stereocenters. The number of hydrogen-bond acceptors (Lipinski definition) is 3.